The molecule has 0 unspecified atom stereocenters. The van der Waals surface area contributed by atoms with Crippen molar-refractivity contribution in [1.29, 1.82) is 0 Å². The Bertz CT molecular complexity index is 542. The number of aromatic nitrogens is 2. The van der Waals surface area contributed by atoms with E-state index in [9.17, 15) is 9.59 Å². The zero-order chi connectivity index (χ0) is 11.0. The van der Waals surface area contributed by atoms with Crippen molar-refractivity contribution in [3.05, 3.63) is 17.1 Å². The molecule has 0 atom stereocenters. The number of hydrogen-bond donors (Lipinski definition) is 2. The van der Waals surface area contributed by atoms with Gasteiger partial charge in [-0.2, -0.15) is 9.89 Å². The van der Waals surface area contributed by atoms with Gasteiger partial charge in [-0.25, -0.2) is 10.2 Å². The molecule has 0 spiro atoms. The van der Waals surface area contributed by atoms with Gasteiger partial charge in [-0.15, -0.1) is 11.3 Å². The molecular formula is C8H7N3O3S. The summed E-state index contributed by atoms with van der Waals surface area (Å²) >= 11 is 1.07. The van der Waals surface area contributed by atoms with Gasteiger partial charge in [0.05, 0.1) is 6.20 Å². The molecule has 15 heavy (non-hydrogen) atoms. The summed E-state index contributed by atoms with van der Waals surface area (Å²) in [4.78, 5) is 23.6. The lowest BCUT2D eigenvalue weighted by Crippen LogP contribution is -2.20. The van der Waals surface area contributed by atoms with Crippen molar-refractivity contribution < 1.29 is 14.7 Å². The third-order valence-corrected chi connectivity index (χ3v) is 2.83. The van der Waals surface area contributed by atoms with Crippen LogP contribution in [-0.2, 0) is 4.79 Å². The highest BCUT2D eigenvalue weighted by atomic mass is 32.1. The van der Waals surface area contributed by atoms with Gasteiger partial charge >= 0.3 is 5.97 Å². The van der Waals surface area contributed by atoms with Crippen LogP contribution in [0.1, 0.15) is 16.6 Å². The highest BCUT2D eigenvalue weighted by Gasteiger charge is 2.12. The summed E-state index contributed by atoms with van der Waals surface area (Å²) in [5.41, 5.74) is 2.46. The van der Waals surface area contributed by atoms with Crippen molar-refractivity contribution in [3.63, 3.8) is 0 Å². The number of rotatable bonds is 2. The molecule has 0 radical (unpaired) electrons. The van der Waals surface area contributed by atoms with Crippen molar-refractivity contribution >= 4 is 33.4 Å². The van der Waals surface area contributed by atoms with Crippen LogP contribution in [0.25, 0.3) is 10.2 Å². The third-order valence-electron chi connectivity index (χ3n) is 1.72. The molecule has 0 fully saturated rings. The molecule has 0 aliphatic carbocycles. The van der Waals surface area contributed by atoms with Gasteiger partial charge in [0.25, 0.3) is 0 Å². The van der Waals surface area contributed by atoms with Gasteiger partial charge in [-0.3, -0.25) is 4.79 Å². The van der Waals surface area contributed by atoms with Crippen LogP contribution < -0.4 is 5.43 Å². The Kier molecular flexibility index (Phi) is 2.16. The predicted octanol–water partition coefficient (Wildman–Crippen LogP) is 0.886. The number of hydrogen-bond acceptors (Lipinski definition) is 4. The average molecular weight is 225 g/mol. The van der Waals surface area contributed by atoms with E-state index < -0.39 is 5.97 Å². The van der Waals surface area contributed by atoms with E-state index in [4.69, 9.17) is 5.11 Å². The highest BCUT2D eigenvalue weighted by Crippen LogP contribution is 2.24. The van der Waals surface area contributed by atoms with Crippen LogP contribution in [0.15, 0.2) is 12.3 Å². The molecule has 6 nitrogen and oxygen atoms in total. The normalized spacial score (nSPS) is 10.5. The van der Waals surface area contributed by atoms with E-state index in [-0.39, 0.29) is 10.8 Å². The van der Waals surface area contributed by atoms with E-state index in [2.05, 4.69) is 10.5 Å². The number of carbonyl (C=O) groups is 2. The third kappa shape index (κ3) is 1.68. The Morgan fingerprint density at radius 2 is 2.33 bits per heavy atom. The van der Waals surface area contributed by atoms with E-state index >= 15 is 0 Å². The minimum absolute atomic E-state index is 0.224. The lowest BCUT2D eigenvalue weighted by molar-refractivity contribution is -0.115. The fraction of sp³-hybridized carbons (Fsp3) is 0.125. The summed E-state index contributed by atoms with van der Waals surface area (Å²) in [5, 5.41) is 13.4. The summed E-state index contributed by atoms with van der Waals surface area (Å²) in [7, 11) is 0. The van der Waals surface area contributed by atoms with Gasteiger partial charge in [0.2, 0.25) is 5.91 Å². The number of carbonyl (C=O) groups excluding carboxylic acids is 1. The van der Waals surface area contributed by atoms with Gasteiger partial charge < -0.3 is 5.11 Å². The summed E-state index contributed by atoms with van der Waals surface area (Å²) in [5.74, 6) is -1.24. The summed E-state index contributed by atoms with van der Waals surface area (Å²) < 4.78 is 0. The first kappa shape index (κ1) is 9.66. The van der Waals surface area contributed by atoms with Crippen molar-refractivity contribution in [2.24, 2.45) is 0 Å². The first-order valence-electron chi connectivity index (χ1n) is 4.06. The fourth-order valence-electron chi connectivity index (χ4n) is 1.16. The smallest absolute Gasteiger partial charge is 0.345 e. The zero-order valence-corrected chi connectivity index (χ0v) is 8.54. The van der Waals surface area contributed by atoms with E-state index in [0.29, 0.717) is 10.2 Å². The minimum Gasteiger partial charge on any atom is -0.477 e. The number of nitrogens with one attached hydrogen (secondary N) is 1. The van der Waals surface area contributed by atoms with Crippen LogP contribution in [0, 0.1) is 0 Å². The summed E-state index contributed by atoms with van der Waals surface area (Å²) in [6.07, 6.45) is 1.51. The molecule has 0 aliphatic rings. The number of carboxylic acids is 1. The minimum atomic E-state index is -0.981. The molecule has 0 aromatic carbocycles. The number of thiophene rings is 1. The average Bonchev–Trinajstić information content (AvgIpc) is 2.66. The summed E-state index contributed by atoms with van der Waals surface area (Å²) in [6.45, 7) is 1.36. The van der Waals surface area contributed by atoms with Gasteiger partial charge in [0, 0.05) is 12.3 Å². The first-order valence-corrected chi connectivity index (χ1v) is 4.88. The van der Waals surface area contributed by atoms with Crippen LogP contribution in [-0.4, -0.2) is 26.9 Å². The van der Waals surface area contributed by atoms with Crippen molar-refractivity contribution in [2.75, 3.05) is 5.43 Å². The maximum absolute atomic E-state index is 10.8. The second-order valence-electron chi connectivity index (χ2n) is 2.90. The predicted molar refractivity (Wildman–Crippen MR) is 54.6 cm³/mol. The number of nitrogens with zero attached hydrogens (tertiary/aromatic N) is 2. The molecule has 1 amide bonds. The zero-order valence-electron chi connectivity index (χ0n) is 7.72. The van der Waals surface area contributed by atoms with Crippen LogP contribution in [0.3, 0.4) is 0 Å². The second kappa shape index (κ2) is 3.35. The highest BCUT2D eigenvalue weighted by molar-refractivity contribution is 7.20. The van der Waals surface area contributed by atoms with E-state index in [1.54, 1.807) is 0 Å². The molecule has 2 aromatic heterocycles. The van der Waals surface area contributed by atoms with E-state index in [1.807, 2.05) is 0 Å². The molecular weight excluding hydrogens is 218 g/mol. The Hall–Kier alpha value is -1.89. The number of aromatic carboxylic acids is 1. The Morgan fingerprint density at radius 3 is 2.93 bits per heavy atom. The maximum atomic E-state index is 10.8. The van der Waals surface area contributed by atoms with Crippen molar-refractivity contribution in [3.8, 4) is 0 Å². The molecule has 7 heteroatoms. The molecule has 0 saturated carbocycles. The Morgan fingerprint density at radius 1 is 1.60 bits per heavy atom. The lowest BCUT2D eigenvalue weighted by Gasteiger charge is -1.99. The molecule has 0 aliphatic heterocycles. The van der Waals surface area contributed by atoms with Crippen molar-refractivity contribution in [2.45, 2.75) is 6.92 Å². The van der Waals surface area contributed by atoms with Gasteiger partial charge in [0.1, 0.15) is 9.71 Å². The lowest BCUT2D eigenvalue weighted by atomic mass is 10.4. The van der Waals surface area contributed by atoms with E-state index in [1.165, 1.54) is 24.0 Å². The molecule has 2 rings (SSSR count). The van der Waals surface area contributed by atoms with Crippen LogP contribution >= 0.6 is 11.3 Å². The standard InChI is InChI=1S/C8H7N3O3S/c1-4(12)10-11-7-5(3-9-11)2-6(15-7)8(13)14/h2-3H,1H3,(H,10,12)(H,13,14). The number of carboxylic acid groups (broad SMARTS) is 1. The van der Waals surface area contributed by atoms with Crippen LogP contribution in [0.2, 0.25) is 0 Å². The molecule has 0 bridgehead atoms. The van der Waals surface area contributed by atoms with Gasteiger partial charge in [0.15, 0.2) is 0 Å². The molecule has 0 saturated heterocycles. The SMILES string of the molecule is CC(=O)Nn1ncc2cc(C(=O)O)sc21. The first-order chi connectivity index (χ1) is 7.08. The van der Waals surface area contributed by atoms with Crippen LogP contribution in [0.5, 0.6) is 0 Å². The number of fused-ring (bicyclic) bond motifs is 1. The molecule has 2 aromatic rings. The Labute approximate surface area is 88.1 Å². The second-order valence-corrected chi connectivity index (χ2v) is 3.93. The summed E-state index contributed by atoms with van der Waals surface area (Å²) in [6, 6.07) is 1.52. The largest absolute Gasteiger partial charge is 0.477 e. The van der Waals surface area contributed by atoms with Crippen LogP contribution in [0.4, 0.5) is 0 Å². The van der Waals surface area contributed by atoms with Gasteiger partial charge in [-0.1, -0.05) is 0 Å². The van der Waals surface area contributed by atoms with E-state index in [0.717, 1.165) is 11.3 Å². The molecule has 2 N–H and O–H groups in total. The maximum Gasteiger partial charge on any atom is 0.345 e. The number of amides is 1. The molecule has 78 valence electrons. The van der Waals surface area contributed by atoms with Crippen molar-refractivity contribution in [1.82, 2.24) is 9.89 Å². The Balaban J connectivity index is 2.49. The molecule has 2 heterocycles. The quantitative estimate of drug-likeness (QED) is 0.794. The van der Waals surface area contributed by atoms with Gasteiger partial charge in [-0.05, 0) is 6.07 Å². The topological polar surface area (TPSA) is 84.2 Å². The fourth-order valence-corrected chi connectivity index (χ4v) is 2.05. The monoisotopic (exact) mass is 225 g/mol.